The number of nitrogens with zero attached hydrogens (tertiary/aromatic N) is 5. The van der Waals surface area contributed by atoms with Gasteiger partial charge in [0, 0.05) is 51.0 Å². The van der Waals surface area contributed by atoms with Crippen LogP contribution in [0.15, 0.2) is 42.6 Å². The number of aromatic nitrogens is 2. The maximum Gasteiger partial charge on any atom is 0.417 e. The van der Waals surface area contributed by atoms with Crippen LogP contribution in [0.2, 0.25) is 0 Å². The van der Waals surface area contributed by atoms with Crippen LogP contribution in [-0.2, 0) is 17.5 Å². The highest BCUT2D eigenvalue weighted by atomic mass is 32.1. The van der Waals surface area contributed by atoms with Crippen molar-refractivity contribution in [1.29, 1.82) is 0 Å². The summed E-state index contributed by atoms with van der Waals surface area (Å²) in [6.45, 7) is 7.56. The van der Waals surface area contributed by atoms with E-state index in [1.54, 1.807) is 4.90 Å². The van der Waals surface area contributed by atoms with Crippen LogP contribution < -0.4 is 4.90 Å². The van der Waals surface area contributed by atoms with Crippen molar-refractivity contribution in [2.24, 2.45) is 0 Å². The zero-order chi connectivity index (χ0) is 26.2. The molecule has 0 unspecified atom stereocenters. The Morgan fingerprint density at radius 1 is 1.11 bits per heavy atom. The van der Waals surface area contributed by atoms with Crippen LogP contribution in [0.4, 0.5) is 23.1 Å². The molecule has 5 rings (SSSR count). The van der Waals surface area contributed by atoms with E-state index in [9.17, 15) is 18.0 Å². The first-order valence-electron chi connectivity index (χ1n) is 12.5. The lowest BCUT2D eigenvalue weighted by Crippen LogP contribution is -2.58. The minimum Gasteiger partial charge on any atom is -0.446 e. The SMILES string of the molecule is C[C@@H]1CN(c2nc3cc(C(F)(F)F)cnc3s2)[C@@H](C)CN1C(=O)OC1CCN(Cc2ccccc2)CC1. The van der Waals surface area contributed by atoms with Gasteiger partial charge in [-0.15, -0.1) is 0 Å². The summed E-state index contributed by atoms with van der Waals surface area (Å²) in [6, 6.07) is 11.2. The number of hydrogen-bond acceptors (Lipinski definition) is 7. The van der Waals surface area contributed by atoms with Gasteiger partial charge in [0.15, 0.2) is 5.13 Å². The topological polar surface area (TPSA) is 61.8 Å². The summed E-state index contributed by atoms with van der Waals surface area (Å²) in [5.41, 5.74) is 0.704. The molecule has 0 saturated carbocycles. The van der Waals surface area contributed by atoms with Crippen LogP contribution in [0.3, 0.4) is 0 Å². The van der Waals surface area contributed by atoms with Crippen molar-refractivity contribution in [2.75, 3.05) is 31.1 Å². The third-order valence-electron chi connectivity index (χ3n) is 7.08. The van der Waals surface area contributed by atoms with Gasteiger partial charge in [0.05, 0.1) is 5.56 Å². The lowest BCUT2D eigenvalue weighted by molar-refractivity contribution is -0.137. The van der Waals surface area contributed by atoms with Crippen LogP contribution >= 0.6 is 11.3 Å². The van der Waals surface area contributed by atoms with Gasteiger partial charge in [-0.1, -0.05) is 41.7 Å². The normalized spacial score (nSPS) is 22.0. The van der Waals surface area contributed by atoms with E-state index in [1.807, 2.05) is 36.9 Å². The number of amides is 1. The van der Waals surface area contributed by atoms with Crippen molar-refractivity contribution in [1.82, 2.24) is 19.8 Å². The van der Waals surface area contributed by atoms with E-state index in [0.29, 0.717) is 23.1 Å². The van der Waals surface area contributed by atoms with Crippen molar-refractivity contribution >= 4 is 32.9 Å². The smallest absolute Gasteiger partial charge is 0.417 e. The number of halogens is 3. The monoisotopic (exact) mass is 533 g/mol. The quantitative estimate of drug-likeness (QED) is 0.447. The highest BCUT2D eigenvalue weighted by Gasteiger charge is 2.36. The Morgan fingerprint density at radius 3 is 2.54 bits per heavy atom. The summed E-state index contributed by atoms with van der Waals surface area (Å²) in [6.07, 6.45) is -2.41. The number of hydrogen-bond donors (Lipinski definition) is 0. The van der Waals surface area contributed by atoms with Crippen LogP contribution in [0, 0.1) is 0 Å². The van der Waals surface area contributed by atoms with Gasteiger partial charge < -0.3 is 14.5 Å². The first kappa shape index (κ1) is 25.7. The average molecular weight is 534 g/mol. The molecule has 3 aromatic rings. The highest BCUT2D eigenvalue weighted by Crippen LogP contribution is 2.35. The molecule has 2 fully saturated rings. The Kier molecular flexibility index (Phi) is 7.26. The van der Waals surface area contributed by atoms with E-state index in [1.165, 1.54) is 16.9 Å². The van der Waals surface area contributed by atoms with Gasteiger partial charge in [0.1, 0.15) is 16.5 Å². The summed E-state index contributed by atoms with van der Waals surface area (Å²) < 4.78 is 45.1. The van der Waals surface area contributed by atoms with Gasteiger partial charge in [-0.2, -0.15) is 13.2 Å². The van der Waals surface area contributed by atoms with Gasteiger partial charge >= 0.3 is 12.3 Å². The van der Waals surface area contributed by atoms with Gasteiger partial charge in [0.25, 0.3) is 0 Å². The number of anilines is 1. The molecule has 2 aliphatic rings. The molecule has 0 N–H and O–H groups in total. The van der Waals surface area contributed by atoms with Crippen molar-refractivity contribution in [3.05, 3.63) is 53.7 Å². The number of pyridine rings is 1. The summed E-state index contributed by atoms with van der Waals surface area (Å²) in [5, 5.41) is 0.611. The van der Waals surface area contributed by atoms with Crippen molar-refractivity contribution in [3.63, 3.8) is 0 Å². The molecular formula is C26H30F3N5O2S. The maximum atomic E-state index is 13.1. The van der Waals surface area contributed by atoms with E-state index in [-0.39, 0.29) is 29.8 Å². The molecule has 1 amide bonds. The molecular weight excluding hydrogens is 503 g/mol. The Labute approximate surface area is 217 Å². The summed E-state index contributed by atoms with van der Waals surface area (Å²) in [5.74, 6) is 0. The van der Waals surface area contributed by atoms with E-state index >= 15 is 0 Å². The number of ether oxygens (including phenoxy) is 1. The number of piperazine rings is 1. The molecule has 0 bridgehead atoms. The number of likely N-dealkylation sites (tertiary alicyclic amines) is 1. The molecule has 7 nitrogen and oxygen atoms in total. The van der Waals surface area contributed by atoms with Crippen molar-refractivity contribution in [3.8, 4) is 0 Å². The Balaban J connectivity index is 1.16. The fraction of sp³-hybridized carbons (Fsp3) is 0.500. The van der Waals surface area contributed by atoms with Crippen molar-refractivity contribution < 1.29 is 22.7 Å². The predicted molar refractivity (Wildman–Crippen MR) is 137 cm³/mol. The third kappa shape index (κ3) is 5.82. The van der Waals surface area contributed by atoms with Crippen LogP contribution in [0.1, 0.15) is 37.8 Å². The maximum absolute atomic E-state index is 13.1. The minimum atomic E-state index is -4.46. The first-order chi connectivity index (χ1) is 17.7. The number of thiazole rings is 1. The molecule has 198 valence electrons. The second-order valence-corrected chi connectivity index (χ2v) is 10.8. The number of carbonyl (C=O) groups is 1. The number of alkyl halides is 3. The van der Waals surface area contributed by atoms with E-state index in [0.717, 1.165) is 44.7 Å². The Morgan fingerprint density at radius 2 is 1.84 bits per heavy atom. The number of rotatable bonds is 4. The van der Waals surface area contributed by atoms with Gasteiger partial charge in [-0.25, -0.2) is 14.8 Å². The van der Waals surface area contributed by atoms with Crippen LogP contribution in [0.25, 0.3) is 10.3 Å². The average Bonchev–Trinajstić information content (AvgIpc) is 3.30. The number of carbonyl (C=O) groups excluding carboxylic acids is 1. The van der Waals surface area contributed by atoms with Crippen LogP contribution in [0.5, 0.6) is 0 Å². The molecule has 37 heavy (non-hydrogen) atoms. The fourth-order valence-electron chi connectivity index (χ4n) is 4.97. The molecule has 2 aromatic heterocycles. The van der Waals surface area contributed by atoms with Gasteiger partial charge in [-0.05, 0) is 38.3 Å². The van der Waals surface area contributed by atoms with E-state index in [2.05, 4.69) is 27.0 Å². The number of fused-ring (bicyclic) bond motifs is 1. The Hall–Kier alpha value is -2.92. The zero-order valence-corrected chi connectivity index (χ0v) is 21.6. The third-order valence-corrected chi connectivity index (χ3v) is 8.10. The molecule has 4 heterocycles. The molecule has 2 aliphatic heterocycles. The Bertz CT molecular complexity index is 1230. The summed E-state index contributed by atoms with van der Waals surface area (Å²) >= 11 is 1.26. The lowest BCUT2D eigenvalue weighted by atomic mass is 10.1. The van der Waals surface area contributed by atoms with Gasteiger partial charge in [0.2, 0.25) is 0 Å². The molecule has 2 atom stereocenters. The fourth-order valence-corrected chi connectivity index (χ4v) is 5.98. The summed E-state index contributed by atoms with van der Waals surface area (Å²) in [4.78, 5) is 28.1. The predicted octanol–water partition coefficient (Wildman–Crippen LogP) is 5.41. The lowest BCUT2D eigenvalue weighted by Gasteiger charge is -2.44. The first-order valence-corrected chi connectivity index (χ1v) is 13.3. The van der Waals surface area contributed by atoms with Crippen molar-refractivity contribution in [2.45, 2.75) is 57.6 Å². The molecule has 0 aliphatic carbocycles. The second-order valence-electron chi connectivity index (χ2n) is 9.89. The second kappa shape index (κ2) is 10.4. The standard InChI is InChI=1S/C26H30F3N5O2S/c1-17-15-34(25(35)36-21-8-10-32(11-9-21)16-19-6-4-3-5-7-19)18(2)14-33(17)24-31-22-12-20(26(27,28)29)13-30-23(22)37-24/h3-7,12-13,17-18,21H,8-11,14-16H2,1-2H3/t17-,18+/m0/s1. The summed E-state index contributed by atoms with van der Waals surface area (Å²) in [7, 11) is 0. The molecule has 11 heteroatoms. The molecule has 0 radical (unpaired) electrons. The largest absolute Gasteiger partial charge is 0.446 e. The number of benzene rings is 1. The molecule has 1 aromatic carbocycles. The zero-order valence-electron chi connectivity index (χ0n) is 20.8. The van der Waals surface area contributed by atoms with E-state index < -0.39 is 11.7 Å². The van der Waals surface area contributed by atoms with E-state index in [4.69, 9.17) is 4.74 Å². The molecule has 2 saturated heterocycles. The number of piperidine rings is 1. The molecule has 0 spiro atoms. The van der Waals surface area contributed by atoms with Crippen LogP contribution in [-0.4, -0.2) is 70.2 Å². The highest BCUT2D eigenvalue weighted by molar-refractivity contribution is 7.21. The minimum absolute atomic E-state index is 0.0703. The van der Waals surface area contributed by atoms with Gasteiger partial charge in [-0.3, -0.25) is 4.90 Å².